The number of nitrogens with zero attached hydrogens (tertiary/aromatic N) is 1. The number of halogens is 2. The van der Waals surface area contributed by atoms with Crippen molar-refractivity contribution in [2.75, 3.05) is 12.4 Å². The third-order valence-electron chi connectivity index (χ3n) is 2.58. The monoisotopic (exact) mass is 308 g/mol. The van der Waals surface area contributed by atoms with Gasteiger partial charge in [-0.15, -0.1) is 0 Å². The van der Waals surface area contributed by atoms with E-state index in [4.69, 9.17) is 11.6 Å². The molecule has 0 saturated carbocycles. The number of anilines is 1. The maximum atomic E-state index is 13.0. The topological polar surface area (TPSA) is 68.3 Å². The van der Waals surface area contributed by atoms with E-state index in [0.717, 1.165) is 6.07 Å². The molecule has 0 spiro atoms. The lowest BCUT2D eigenvalue weighted by Crippen LogP contribution is -2.15. The number of benzene rings is 1. The molecule has 0 bridgehead atoms. The largest absolute Gasteiger partial charge is 0.465 e. The van der Waals surface area contributed by atoms with E-state index in [-0.39, 0.29) is 22.0 Å². The van der Waals surface area contributed by atoms with Gasteiger partial charge in [-0.05, 0) is 30.3 Å². The van der Waals surface area contributed by atoms with Gasteiger partial charge in [-0.1, -0.05) is 17.7 Å². The first-order valence-electron chi connectivity index (χ1n) is 5.83. The van der Waals surface area contributed by atoms with Gasteiger partial charge in [0, 0.05) is 0 Å². The summed E-state index contributed by atoms with van der Waals surface area (Å²) in [6.07, 6.45) is 0. The maximum Gasteiger partial charge on any atom is 0.337 e. The van der Waals surface area contributed by atoms with Crippen molar-refractivity contribution in [3.63, 3.8) is 0 Å². The Morgan fingerprint density at radius 2 is 2.05 bits per heavy atom. The lowest BCUT2D eigenvalue weighted by Gasteiger charge is -2.08. The number of pyridine rings is 1. The highest BCUT2D eigenvalue weighted by Gasteiger charge is 2.13. The summed E-state index contributed by atoms with van der Waals surface area (Å²) in [6, 6.07) is 8.12. The highest BCUT2D eigenvalue weighted by molar-refractivity contribution is 6.34. The van der Waals surface area contributed by atoms with Crippen molar-refractivity contribution in [1.29, 1.82) is 0 Å². The molecule has 21 heavy (non-hydrogen) atoms. The first-order valence-corrected chi connectivity index (χ1v) is 6.21. The Bertz CT molecular complexity index is 706. The molecule has 0 unspecified atom stereocenters. The van der Waals surface area contributed by atoms with E-state index < -0.39 is 17.8 Å². The van der Waals surface area contributed by atoms with Gasteiger partial charge < -0.3 is 10.1 Å². The van der Waals surface area contributed by atoms with Crippen molar-refractivity contribution in [3.8, 4) is 0 Å². The van der Waals surface area contributed by atoms with Crippen LogP contribution < -0.4 is 5.32 Å². The molecule has 0 radical (unpaired) electrons. The number of nitrogens with one attached hydrogen (secondary N) is 1. The van der Waals surface area contributed by atoms with Crippen LogP contribution in [0.25, 0.3) is 0 Å². The van der Waals surface area contributed by atoms with Crippen molar-refractivity contribution in [2.45, 2.75) is 0 Å². The molecule has 0 aliphatic carbocycles. The quantitative estimate of drug-likeness (QED) is 0.699. The number of rotatable bonds is 3. The van der Waals surface area contributed by atoms with Crippen LogP contribution in [0.3, 0.4) is 0 Å². The number of carbonyl (C=O) groups excluding carboxylic acids is 2. The fraction of sp³-hybridized carbons (Fsp3) is 0.0714. The van der Waals surface area contributed by atoms with Crippen LogP contribution in [0.15, 0.2) is 36.4 Å². The molecule has 1 aromatic heterocycles. The van der Waals surface area contributed by atoms with Crippen LogP contribution in [0.2, 0.25) is 5.02 Å². The van der Waals surface area contributed by atoms with Gasteiger partial charge in [0.15, 0.2) is 0 Å². The first kappa shape index (κ1) is 14.9. The number of methoxy groups -OCH3 is 1. The van der Waals surface area contributed by atoms with Crippen molar-refractivity contribution in [3.05, 3.63) is 58.6 Å². The number of amides is 1. The standard InChI is InChI=1S/C14H10ClFN2O3/c1-21-14(20)8-5-6-9(15)11(7-8)18-13(19)10-3-2-4-12(16)17-10/h2-7H,1H3,(H,18,19). The van der Waals surface area contributed by atoms with Gasteiger partial charge in [0.1, 0.15) is 5.69 Å². The second kappa shape index (κ2) is 6.32. The smallest absolute Gasteiger partial charge is 0.337 e. The molecule has 108 valence electrons. The zero-order valence-electron chi connectivity index (χ0n) is 10.9. The second-order valence-electron chi connectivity index (χ2n) is 3.99. The zero-order valence-corrected chi connectivity index (χ0v) is 11.6. The van der Waals surface area contributed by atoms with Crippen LogP contribution in [0, 0.1) is 5.95 Å². The Labute approximate surface area is 124 Å². The van der Waals surface area contributed by atoms with Gasteiger partial charge in [-0.25, -0.2) is 9.78 Å². The number of ether oxygens (including phenoxy) is 1. The molecule has 1 heterocycles. The van der Waals surface area contributed by atoms with Crippen molar-refractivity contribution in [1.82, 2.24) is 4.98 Å². The minimum Gasteiger partial charge on any atom is -0.465 e. The van der Waals surface area contributed by atoms with Crippen LogP contribution in [0.4, 0.5) is 10.1 Å². The van der Waals surface area contributed by atoms with Crippen LogP contribution in [0.1, 0.15) is 20.8 Å². The summed E-state index contributed by atoms with van der Waals surface area (Å²) in [4.78, 5) is 26.9. The van der Waals surface area contributed by atoms with Crippen molar-refractivity contribution in [2.24, 2.45) is 0 Å². The molecule has 0 saturated heterocycles. The van der Waals surface area contributed by atoms with E-state index in [9.17, 15) is 14.0 Å². The number of aromatic nitrogens is 1. The molecule has 2 aromatic rings. The van der Waals surface area contributed by atoms with Gasteiger partial charge >= 0.3 is 5.97 Å². The van der Waals surface area contributed by atoms with Crippen LogP contribution in [-0.4, -0.2) is 24.0 Å². The van der Waals surface area contributed by atoms with Crippen molar-refractivity contribution >= 4 is 29.2 Å². The predicted octanol–water partition coefficient (Wildman–Crippen LogP) is 2.91. The Kier molecular flexibility index (Phi) is 4.49. The zero-order chi connectivity index (χ0) is 15.4. The first-order chi connectivity index (χ1) is 10.0. The van der Waals surface area contributed by atoms with E-state index in [1.54, 1.807) is 0 Å². The third kappa shape index (κ3) is 3.55. The molecule has 2 rings (SSSR count). The van der Waals surface area contributed by atoms with E-state index in [1.165, 1.54) is 37.4 Å². The molecule has 1 N–H and O–H groups in total. The summed E-state index contributed by atoms with van der Waals surface area (Å²) in [5.74, 6) is -1.97. The lowest BCUT2D eigenvalue weighted by molar-refractivity contribution is 0.0600. The highest BCUT2D eigenvalue weighted by Crippen LogP contribution is 2.24. The van der Waals surface area contributed by atoms with Crippen LogP contribution >= 0.6 is 11.6 Å². The Balaban J connectivity index is 2.26. The highest BCUT2D eigenvalue weighted by atomic mass is 35.5. The molecule has 0 aliphatic heterocycles. The van der Waals surface area contributed by atoms with Gasteiger partial charge in [0.05, 0.1) is 23.4 Å². The minimum absolute atomic E-state index is 0.102. The van der Waals surface area contributed by atoms with E-state index in [1.807, 2.05) is 0 Å². The summed E-state index contributed by atoms with van der Waals surface area (Å²) in [6.45, 7) is 0. The molecule has 1 aromatic carbocycles. The fourth-order valence-electron chi connectivity index (χ4n) is 1.59. The Morgan fingerprint density at radius 1 is 1.29 bits per heavy atom. The number of esters is 1. The molecule has 7 heteroatoms. The maximum absolute atomic E-state index is 13.0. The van der Waals surface area contributed by atoms with E-state index >= 15 is 0 Å². The van der Waals surface area contributed by atoms with Gasteiger partial charge in [-0.2, -0.15) is 4.39 Å². The summed E-state index contributed by atoms with van der Waals surface area (Å²) in [5, 5.41) is 2.69. The third-order valence-corrected chi connectivity index (χ3v) is 2.91. The SMILES string of the molecule is COC(=O)c1ccc(Cl)c(NC(=O)c2cccc(F)n2)c1. The average molecular weight is 309 g/mol. The summed E-state index contributed by atoms with van der Waals surface area (Å²) >= 11 is 5.95. The molecular formula is C14H10ClFN2O3. The fourth-order valence-corrected chi connectivity index (χ4v) is 1.75. The number of carbonyl (C=O) groups is 2. The Morgan fingerprint density at radius 3 is 2.71 bits per heavy atom. The van der Waals surface area contributed by atoms with Crippen molar-refractivity contribution < 1.29 is 18.7 Å². The summed E-state index contributed by atoms with van der Waals surface area (Å²) in [7, 11) is 1.24. The van der Waals surface area contributed by atoms with Gasteiger partial charge in [-0.3, -0.25) is 4.79 Å². The molecular weight excluding hydrogens is 299 g/mol. The van der Waals surface area contributed by atoms with Crippen LogP contribution in [-0.2, 0) is 4.74 Å². The second-order valence-corrected chi connectivity index (χ2v) is 4.39. The molecule has 1 amide bonds. The number of hydrogen-bond donors (Lipinski definition) is 1. The summed E-state index contributed by atoms with van der Waals surface area (Å²) in [5.41, 5.74) is 0.328. The molecule has 5 nitrogen and oxygen atoms in total. The average Bonchev–Trinajstić information content (AvgIpc) is 2.48. The Hall–Kier alpha value is -2.47. The predicted molar refractivity (Wildman–Crippen MR) is 74.9 cm³/mol. The lowest BCUT2D eigenvalue weighted by atomic mass is 10.2. The number of hydrogen-bond acceptors (Lipinski definition) is 4. The molecule has 0 fully saturated rings. The molecule has 0 atom stereocenters. The normalized spacial score (nSPS) is 10.0. The molecule has 0 aliphatic rings. The van der Waals surface area contributed by atoms with Gasteiger partial charge in [0.25, 0.3) is 5.91 Å². The van der Waals surface area contributed by atoms with Gasteiger partial charge in [0.2, 0.25) is 5.95 Å². The summed E-state index contributed by atoms with van der Waals surface area (Å²) < 4.78 is 17.6. The van der Waals surface area contributed by atoms with E-state index in [2.05, 4.69) is 15.0 Å². The van der Waals surface area contributed by atoms with E-state index in [0.29, 0.717) is 0 Å². The van der Waals surface area contributed by atoms with Crippen LogP contribution in [0.5, 0.6) is 0 Å². The minimum atomic E-state index is -0.767.